The van der Waals surface area contributed by atoms with Crippen molar-refractivity contribution in [3.63, 3.8) is 0 Å². The summed E-state index contributed by atoms with van der Waals surface area (Å²) in [5, 5.41) is 3.69. The van der Waals surface area contributed by atoms with Crippen LogP contribution in [0.3, 0.4) is 0 Å². The van der Waals surface area contributed by atoms with Gasteiger partial charge in [-0.15, -0.1) is 0 Å². The maximum absolute atomic E-state index is 12.7. The summed E-state index contributed by atoms with van der Waals surface area (Å²) < 4.78 is 29.6. The molecule has 1 fully saturated rings. The molecule has 2 heterocycles. The number of benzene rings is 1. The third-order valence-corrected chi connectivity index (χ3v) is 7.02. The van der Waals surface area contributed by atoms with Crippen molar-refractivity contribution in [1.29, 1.82) is 0 Å². The van der Waals surface area contributed by atoms with Gasteiger partial charge in [0.2, 0.25) is 5.91 Å². The minimum absolute atomic E-state index is 0.0177. The normalized spacial score (nSPS) is 18.6. The van der Waals surface area contributed by atoms with Crippen LogP contribution in [0.4, 0.5) is 0 Å². The number of ether oxygens (including phenoxy) is 1. The molecule has 0 spiro atoms. The fourth-order valence-electron chi connectivity index (χ4n) is 2.95. The number of aromatic nitrogens is 2. The molecule has 1 amide bonds. The van der Waals surface area contributed by atoms with Gasteiger partial charge in [0.1, 0.15) is 0 Å². The monoisotopic (exact) mass is 411 g/mol. The standard InChI is InChI=1S/C17H21N3O5S2/c1-25-8-7-20-16(22)13-4-2-3-5-14(13)19-17(20)26-10-15(21)18-12-6-9-27(23,24)11-12/h2-5,12H,6-11H2,1H3,(H,18,21)/t12-/m0/s1. The SMILES string of the molecule is COCCn1c(SCC(=O)N[C@H]2CCS(=O)(=O)C2)nc2ccccc2c1=O. The van der Waals surface area contributed by atoms with E-state index in [-0.39, 0.29) is 34.8 Å². The van der Waals surface area contributed by atoms with Crippen LogP contribution >= 0.6 is 11.8 Å². The average Bonchev–Trinajstić information content (AvgIpc) is 2.97. The Balaban J connectivity index is 1.75. The summed E-state index contributed by atoms with van der Waals surface area (Å²) in [6.45, 7) is 0.678. The zero-order valence-corrected chi connectivity index (χ0v) is 16.5. The molecule has 146 valence electrons. The summed E-state index contributed by atoms with van der Waals surface area (Å²) in [5.41, 5.74) is 0.392. The van der Waals surface area contributed by atoms with E-state index in [2.05, 4.69) is 10.3 Å². The lowest BCUT2D eigenvalue weighted by Gasteiger charge is -2.14. The van der Waals surface area contributed by atoms with Gasteiger partial charge in [-0.1, -0.05) is 23.9 Å². The zero-order chi connectivity index (χ0) is 19.4. The van der Waals surface area contributed by atoms with Gasteiger partial charge < -0.3 is 10.1 Å². The number of nitrogens with zero attached hydrogens (tertiary/aromatic N) is 2. The largest absolute Gasteiger partial charge is 0.383 e. The second-order valence-corrected chi connectivity index (χ2v) is 9.49. The number of carbonyl (C=O) groups is 1. The van der Waals surface area contributed by atoms with E-state index >= 15 is 0 Å². The molecule has 1 saturated heterocycles. The van der Waals surface area contributed by atoms with E-state index in [4.69, 9.17) is 4.74 Å². The molecule has 0 saturated carbocycles. The molecule has 1 aromatic carbocycles. The highest BCUT2D eigenvalue weighted by Crippen LogP contribution is 2.18. The fraction of sp³-hybridized carbons (Fsp3) is 0.471. The number of carbonyl (C=O) groups excluding carboxylic acids is 1. The first-order valence-corrected chi connectivity index (χ1v) is 11.3. The van der Waals surface area contributed by atoms with Crippen LogP contribution in [0, 0.1) is 0 Å². The minimum atomic E-state index is -3.05. The van der Waals surface area contributed by atoms with Crippen molar-refractivity contribution in [2.75, 3.05) is 31.0 Å². The molecule has 8 nitrogen and oxygen atoms in total. The lowest BCUT2D eigenvalue weighted by atomic mass is 10.2. The second kappa shape index (κ2) is 8.41. The topological polar surface area (TPSA) is 107 Å². The minimum Gasteiger partial charge on any atom is -0.383 e. The van der Waals surface area contributed by atoms with E-state index < -0.39 is 9.84 Å². The summed E-state index contributed by atoms with van der Waals surface area (Å²) in [7, 11) is -1.50. The van der Waals surface area contributed by atoms with Crippen LogP contribution < -0.4 is 10.9 Å². The molecule has 0 bridgehead atoms. The smallest absolute Gasteiger partial charge is 0.262 e. The number of fused-ring (bicyclic) bond motifs is 1. The van der Waals surface area contributed by atoms with Crippen LogP contribution in [0.1, 0.15) is 6.42 Å². The second-order valence-electron chi connectivity index (χ2n) is 6.32. The van der Waals surface area contributed by atoms with Gasteiger partial charge in [-0.2, -0.15) is 0 Å². The van der Waals surface area contributed by atoms with Crippen LogP contribution in [0.5, 0.6) is 0 Å². The molecule has 0 radical (unpaired) electrons. The molecule has 1 atom stereocenters. The Hall–Kier alpha value is -1.91. The van der Waals surface area contributed by atoms with Crippen LogP contribution in [0.2, 0.25) is 0 Å². The van der Waals surface area contributed by atoms with Crippen LogP contribution in [-0.2, 0) is 25.9 Å². The van der Waals surface area contributed by atoms with E-state index in [0.29, 0.717) is 35.6 Å². The summed E-state index contributed by atoms with van der Waals surface area (Å²) >= 11 is 1.15. The Kier molecular flexibility index (Phi) is 6.18. The molecule has 3 rings (SSSR count). The molecule has 0 unspecified atom stereocenters. The molecule has 1 aliphatic rings. The number of nitrogens with one attached hydrogen (secondary N) is 1. The van der Waals surface area contributed by atoms with Crippen LogP contribution in [-0.4, -0.2) is 60.9 Å². The summed E-state index contributed by atoms with van der Waals surface area (Å²) in [5.74, 6) is -0.138. The Morgan fingerprint density at radius 2 is 2.19 bits per heavy atom. The summed E-state index contributed by atoms with van der Waals surface area (Å²) in [6, 6.07) is 6.71. The Morgan fingerprint density at radius 3 is 2.89 bits per heavy atom. The summed E-state index contributed by atoms with van der Waals surface area (Å²) in [4.78, 5) is 29.4. The van der Waals surface area contributed by atoms with E-state index in [9.17, 15) is 18.0 Å². The number of hydrogen-bond donors (Lipinski definition) is 1. The van der Waals surface area contributed by atoms with Crippen molar-refractivity contribution < 1.29 is 17.9 Å². The molecule has 1 aliphatic heterocycles. The molecular formula is C17H21N3O5S2. The molecular weight excluding hydrogens is 390 g/mol. The number of methoxy groups -OCH3 is 1. The third-order valence-electron chi connectivity index (χ3n) is 4.28. The highest BCUT2D eigenvalue weighted by atomic mass is 32.2. The van der Waals surface area contributed by atoms with Gasteiger partial charge in [0, 0.05) is 13.2 Å². The number of rotatable bonds is 7. The first-order valence-electron chi connectivity index (χ1n) is 8.51. The highest BCUT2D eigenvalue weighted by Gasteiger charge is 2.28. The number of para-hydroxylation sites is 1. The predicted octanol–water partition coefficient (Wildman–Crippen LogP) is 0.438. The molecule has 10 heteroatoms. The van der Waals surface area contributed by atoms with Crippen molar-refractivity contribution in [3.8, 4) is 0 Å². The van der Waals surface area contributed by atoms with E-state index in [0.717, 1.165) is 11.8 Å². The quantitative estimate of drug-likeness (QED) is 0.520. The maximum Gasteiger partial charge on any atom is 0.262 e. The van der Waals surface area contributed by atoms with Gasteiger partial charge in [0.05, 0.1) is 41.3 Å². The highest BCUT2D eigenvalue weighted by molar-refractivity contribution is 7.99. The number of thioether (sulfide) groups is 1. The number of hydrogen-bond acceptors (Lipinski definition) is 7. The number of amides is 1. The Morgan fingerprint density at radius 1 is 1.41 bits per heavy atom. The van der Waals surface area contributed by atoms with Crippen molar-refractivity contribution in [2.24, 2.45) is 0 Å². The van der Waals surface area contributed by atoms with Crippen molar-refractivity contribution in [1.82, 2.24) is 14.9 Å². The lowest BCUT2D eigenvalue weighted by Crippen LogP contribution is -2.37. The van der Waals surface area contributed by atoms with E-state index in [1.54, 1.807) is 31.4 Å². The molecule has 27 heavy (non-hydrogen) atoms. The van der Waals surface area contributed by atoms with Gasteiger partial charge in [-0.05, 0) is 18.6 Å². The van der Waals surface area contributed by atoms with Gasteiger partial charge >= 0.3 is 0 Å². The maximum atomic E-state index is 12.7. The first kappa shape index (κ1) is 19.8. The van der Waals surface area contributed by atoms with Crippen LogP contribution in [0.15, 0.2) is 34.2 Å². The predicted molar refractivity (Wildman–Crippen MR) is 104 cm³/mol. The van der Waals surface area contributed by atoms with E-state index in [1.807, 2.05) is 0 Å². The summed E-state index contributed by atoms with van der Waals surface area (Å²) in [6.07, 6.45) is 0.436. The first-order chi connectivity index (χ1) is 12.9. The van der Waals surface area contributed by atoms with Gasteiger partial charge in [-0.3, -0.25) is 14.2 Å². The molecule has 2 aromatic rings. The lowest BCUT2D eigenvalue weighted by molar-refractivity contribution is -0.119. The Labute approximate surface area is 161 Å². The van der Waals surface area contributed by atoms with Crippen LogP contribution in [0.25, 0.3) is 10.9 Å². The Bertz CT molecular complexity index is 1000. The molecule has 0 aliphatic carbocycles. The number of sulfone groups is 1. The van der Waals surface area contributed by atoms with E-state index in [1.165, 1.54) is 4.57 Å². The van der Waals surface area contributed by atoms with Gasteiger partial charge in [0.25, 0.3) is 5.56 Å². The average molecular weight is 412 g/mol. The van der Waals surface area contributed by atoms with Crippen molar-refractivity contribution >= 4 is 38.4 Å². The van der Waals surface area contributed by atoms with Crippen molar-refractivity contribution in [3.05, 3.63) is 34.6 Å². The molecule has 1 N–H and O–H groups in total. The van der Waals surface area contributed by atoms with Gasteiger partial charge in [-0.25, -0.2) is 13.4 Å². The molecule has 1 aromatic heterocycles. The third kappa shape index (κ3) is 4.88. The zero-order valence-electron chi connectivity index (χ0n) is 14.9. The van der Waals surface area contributed by atoms with Crippen molar-refractivity contribution in [2.45, 2.75) is 24.2 Å². The van der Waals surface area contributed by atoms with Gasteiger partial charge in [0.15, 0.2) is 15.0 Å². The fourth-order valence-corrected chi connectivity index (χ4v) is 5.46.